The van der Waals surface area contributed by atoms with E-state index in [1.807, 2.05) is 32.0 Å². The van der Waals surface area contributed by atoms with Gasteiger partial charge in [-0.1, -0.05) is 19.9 Å². The van der Waals surface area contributed by atoms with Gasteiger partial charge in [0.25, 0.3) is 0 Å². The fourth-order valence-corrected chi connectivity index (χ4v) is 1.80. The van der Waals surface area contributed by atoms with Crippen molar-refractivity contribution in [3.8, 4) is 0 Å². The number of hydrogen-bond acceptors (Lipinski definition) is 3. The maximum atomic E-state index is 11.9. The largest absolute Gasteiger partial charge is 0.481 e. The zero-order valence-corrected chi connectivity index (χ0v) is 12.2. The van der Waals surface area contributed by atoms with Crippen LogP contribution < -0.4 is 5.32 Å². The van der Waals surface area contributed by atoms with E-state index in [0.717, 1.165) is 5.69 Å². The molecular weight excluding hydrogens is 256 g/mol. The van der Waals surface area contributed by atoms with E-state index in [1.165, 1.54) is 0 Å². The summed E-state index contributed by atoms with van der Waals surface area (Å²) in [4.78, 5) is 27.3. The second kappa shape index (κ2) is 7.03. The molecule has 1 aromatic rings. The topological polar surface area (TPSA) is 79.3 Å². The Balaban J connectivity index is 2.45. The Kier molecular flexibility index (Phi) is 5.67. The number of aliphatic carboxylic acids is 1. The Bertz CT molecular complexity index is 459. The van der Waals surface area contributed by atoms with Crippen LogP contribution in [0, 0.1) is 11.3 Å². The number of amides is 1. The van der Waals surface area contributed by atoms with Crippen LogP contribution >= 0.6 is 0 Å². The van der Waals surface area contributed by atoms with Crippen LogP contribution in [0.25, 0.3) is 0 Å². The molecule has 1 amide bonds. The first-order chi connectivity index (χ1) is 9.36. The van der Waals surface area contributed by atoms with Crippen LogP contribution in [0.2, 0.25) is 0 Å². The number of hydrogen-bond donors (Lipinski definition) is 2. The number of aromatic nitrogens is 1. The van der Waals surface area contributed by atoms with Gasteiger partial charge in [-0.15, -0.1) is 0 Å². The summed E-state index contributed by atoms with van der Waals surface area (Å²) < 4.78 is 0. The van der Waals surface area contributed by atoms with Gasteiger partial charge in [0.05, 0.1) is 5.41 Å². The minimum Gasteiger partial charge on any atom is -0.481 e. The van der Waals surface area contributed by atoms with Gasteiger partial charge in [-0.3, -0.25) is 14.6 Å². The number of carbonyl (C=O) groups excluding carboxylic acids is 1. The van der Waals surface area contributed by atoms with Gasteiger partial charge in [0.2, 0.25) is 5.91 Å². The molecule has 0 aromatic carbocycles. The first kappa shape index (κ1) is 16.1. The zero-order valence-electron chi connectivity index (χ0n) is 12.2. The third kappa shape index (κ3) is 4.33. The van der Waals surface area contributed by atoms with Gasteiger partial charge < -0.3 is 10.4 Å². The zero-order chi connectivity index (χ0) is 15.2. The Morgan fingerprint density at radius 1 is 1.40 bits per heavy atom. The molecule has 110 valence electrons. The SMILES string of the molecule is CC(C)C(C)(CC(=O)NCCc1ccccn1)C(=O)O. The summed E-state index contributed by atoms with van der Waals surface area (Å²) in [5.41, 5.74) is -0.132. The molecule has 0 saturated heterocycles. The molecule has 1 atom stereocenters. The minimum absolute atomic E-state index is 0.0117. The Morgan fingerprint density at radius 2 is 2.10 bits per heavy atom. The summed E-state index contributed by atoms with van der Waals surface area (Å²) in [6.45, 7) is 5.70. The average Bonchev–Trinajstić information content (AvgIpc) is 2.39. The molecule has 0 spiro atoms. The lowest BCUT2D eigenvalue weighted by Crippen LogP contribution is -2.39. The van der Waals surface area contributed by atoms with Crippen molar-refractivity contribution in [3.05, 3.63) is 30.1 Å². The molecule has 0 radical (unpaired) electrons. The summed E-state index contributed by atoms with van der Waals surface area (Å²) in [5.74, 6) is -1.28. The van der Waals surface area contributed by atoms with E-state index in [1.54, 1.807) is 13.1 Å². The van der Waals surface area contributed by atoms with Gasteiger partial charge in [-0.25, -0.2) is 0 Å². The molecule has 0 saturated carbocycles. The molecule has 0 fully saturated rings. The van der Waals surface area contributed by atoms with E-state index in [2.05, 4.69) is 10.3 Å². The third-order valence-electron chi connectivity index (χ3n) is 3.72. The van der Waals surface area contributed by atoms with Crippen molar-refractivity contribution in [2.24, 2.45) is 11.3 Å². The maximum Gasteiger partial charge on any atom is 0.310 e. The number of pyridine rings is 1. The predicted octanol–water partition coefficient (Wildman–Crippen LogP) is 1.88. The minimum atomic E-state index is -1.03. The number of carboxylic acid groups (broad SMARTS) is 1. The monoisotopic (exact) mass is 278 g/mol. The smallest absolute Gasteiger partial charge is 0.310 e. The van der Waals surface area contributed by atoms with Crippen LogP contribution in [-0.4, -0.2) is 28.5 Å². The molecule has 2 N–H and O–H groups in total. The van der Waals surface area contributed by atoms with Crippen molar-refractivity contribution in [1.82, 2.24) is 10.3 Å². The molecule has 20 heavy (non-hydrogen) atoms. The van der Waals surface area contributed by atoms with Crippen LogP contribution in [0.15, 0.2) is 24.4 Å². The fourth-order valence-electron chi connectivity index (χ4n) is 1.80. The molecule has 1 aromatic heterocycles. The summed E-state index contributed by atoms with van der Waals surface area (Å²) in [7, 11) is 0. The predicted molar refractivity (Wildman–Crippen MR) is 76.1 cm³/mol. The maximum absolute atomic E-state index is 11.9. The molecule has 0 aliphatic carbocycles. The highest BCUT2D eigenvalue weighted by Crippen LogP contribution is 2.31. The van der Waals surface area contributed by atoms with E-state index in [0.29, 0.717) is 13.0 Å². The van der Waals surface area contributed by atoms with E-state index in [4.69, 9.17) is 0 Å². The third-order valence-corrected chi connectivity index (χ3v) is 3.72. The Hall–Kier alpha value is -1.91. The summed E-state index contributed by atoms with van der Waals surface area (Å²) in [5, 5.41) is 12.0. The highest BCUT2D eigenvalue weighted by Gasteiger charge is 2.38. The number of rotatable bonds is 7. The van der Waals surface area contributed by atoms with Crippen LogP contribution in [0.3, 0.4) is 0 Å². The highest BCUT2D eigenvalue weighted by molar-refractivity contribution is 5.84. The van der Waals surface area contributed by atoms with Crippen molar-refractivity contribution >= 4 is 11.9 Å². The molecule has 1 unspecified atom stereocenters. The van der Waals surface area contributed by atoms with Gasteiger partial charge in [0, 0.05) is 31.3 Å². The van der Waals surface area contributed by atoms with Crippen molar-refractivity contribution in [2.75, 3.05) is 6.54 Å². The van der Waals surface area contributed by atoms with Gasteiger partial charge in [0.1, 0.15) is 0 Å². The summed E-state index contributed by atoms with van der Waals surface area (Å²) in [6.07, 6.45) is 2.33. The Labute approximate surface area is 119 Å². The summed E-state index contributed by atoms with van der Waals surface area (Å²) in [6, 6.07) is 5.62. The van der Waals surface area contributed by atoms with E-state index in [9.17, 15) is 14.7 Å². The molecule has 0 aliphatic rings. The molecule has 1 rings (SSSR count). The molecule has 1 heterocycles. The van der Waals surface area contributed by atoms with E-state index in [-0.39, 0.29) is 18.2 Å². The molecule has 5 heteroatoms. The van der Waals surface area contributed by atoms with Gasteiger partial charge >= 0.3 is 5.97 Å². The molecule has 0 bridgehead atoms. The Morgan fingerprint density at radius 3 is 2.60 bits per heavy atom. The number of nitrogens with zero attached hydrogens (tertiary/aromatic N) is 1. The van der Waals surface area contributed by atoms with Gasteiger partial charge in [0.15, 0.2) is 0 Å². The summed E-state index contributed by atoms with van der Waals surface area (Å²) >= 11 is 0. The van der Waals surface area contributed by atoms with Gasteiger partial charge in [-0.2, -0.15) is 0 Å². The van der Waals surface area contributed by atoms with Crippen molar-refractivity contribution < 1.29 is 14.7 Å². The van der Waals surface area contributed by atoms with Crippen molar-refractivity contribution in [3.63, 3.8) is 0 Å². The fraction of sp³-hybridized carbons (Fsp3) is 0.533. The second-order valence-corrected chi connectivity index (χ2v) is 5.48. The van der Waals surface area contributed by atoms with Crippen molar-refractivity contribution in [1.29, 1.82) is 0 Å². The average molecular weight is 278 g/mol. The quantitative estimate of drug-likeness (QED) is 0.798. The van der Waals surface area contributed by atoms with Crippen molar-refractivity contribution in [2.45, 2.75) is 33.6 Å². The highest BCUT2D eigenvalue weighted by atomic mass is 16.4. The number of carboxylic acids is 1. The number of nitrogens with one attached hydrogen (secondary N) is 1. The molecule has 5 nitrogen and oxygen atoms in total. The van der Waals surface area contributed by atoms with Crippen LogP contribution in [-0.2, 0) is 16.0 Å². The normalized spacial score (nSPS) is 13.8. The van der Waals surface area contributed by atoms with Gasteiger partial charge in [-0.05, 0) is 25.0 Å². The second-order valence-electron chi connectivity index (χ2n) is 5.48. The van der Waals surface area contributed by atoms with E-state index >= 15 is 0 Å². The molecule has 0 aliphatic heterocycles. The standard InChI is InChI=1S/C15H22N2O3/c1-11(2)15(3,14(19)20)10-13(18)17-9-7-12-6-4-5-8-16-12/h4-6,8,11H,7,9-10H2,1-3H3,(H,17,18)(H,19,20). The van der Waals surface area contributed by atoms with Crippen LogP contribution in [0.5, 0.6) is 0 Å². The van der Waals surface area contributed by atoms with E-state index < -0.39 is 11.4 Å². The lowest BCUT2D eigenvalue weighted by Gasteiger charge is -2.28. The first-order valence-corrected chi connectivity index (χ1v) is 6.76. The van der Waals surface area contributed by atoms with Crippen LogP contribution in [0.4, 0.5) is 0 Å². The lowest BCUT2D eigenvalue weighted by atomic mass is 9.76. The molecular formula is C15H22N2O3. The number of carbonyl (C=O) groups is 2. The van der Waals surface area contributed by atoms with Crippen LogP contribution in [0.1, 0.15) is 32.9 Å². The lowest BCUT2D eigenvalue weighted by molar-refractivity contribution is -0.153. The first-order valence-electron chi connectivity index (χ1n) is 6.76.